The Hall–Kier alpha value is -3.33. The Morgan fingerprint density at radius 3 is 2.68 bits per heavy atom. The lowest BCUT2D eigenvalue weighted by atomic mass is 10.0. The number of anilines is 3. The van der Waals surface area contributed by atoms with Crippen LogP contribution < -0.4 is 20.1 Å². The molecule has 4 rings (SSSR count). The lowest BCUT2D eigenvalue weighted by Crippen LogP contribution is -2.34. The van der Waals surface area contributed by atoms with Gasteiger partial charge < -0.3 is 15.8 Å². The minimum Gasteiger partial charge on any atom is -0.481 e. The van der Waals surface area contributed by atoms with E-state index in [9.17, 15) is 13.2 Å². The molecule has 0 saturated carbocycles. The van der Waals surface area contributed by atoms with E-state index in [0.717, 1.165) is 16.3 Å². The summed E-state index contributed by atoms with van der Waals surface area (Å²) in [4.78, 5) is 17.3. The van der Waals surface area contributed by atoms with Gasteiger partial charge in [0.2, 0.25) is 10.0 Å². The average molecular weight is 483 g/mol. The second-order valence-corrected chi connectivity index (χ2v) is 11.1. The Bertz CT molecular complexity index is 1320. The molecule has 1 atom stereocenters. The predicted octanol–water partition coefficient (Wildman–Crippen LogP) is 4.10. The van der Waals surface area contributed by atoms with Crippen LogP contribution in [0.1, 0.15) is 32.3 Å². The quantitative estimate of drug-likeness (QED) is 0.524. The van der Waals surface area contributed by atoms with E-state index in [0.29, 0.717) is 42.3 Å². The van der Waals surface area contributed by atoms with Crippen molar-refractivity contribution in [2.75, 3.05) is 27.7 Å². The summed E-state index contributed by atoms with van der Waals surface area (Å²) < 4.78 is 32.1. The first-order chi connectivity index (χ1) is 16.1. The Balaban J connectivity index is 1.53. The Labute approximate surface area is 200 Å². The number of hydrogen-bond donors (Lipinski definition) is 2. The number of amides is 1. The van der Waals surface area contributed by atoms with Crippen molar-refractivity contribution in [1.29, 1.82) is 0 Å². The third kappa shape index (κ3) is 5.09. The van der Waals surface area contributed by atoms with Gasteiger partial charge in [0, 0.05) is 23.8 Å². The van der Waals surface area contributed by atoms with Crippen molar-refractivity contribution >= 4 is 43.9 Å². The van der Waals surface area contributed by atoms with Crippen LogP contribution in [0.25, 0.3) is 10.8 Å². The average Bonchev–Trinajstić information content (AvgIpc) is 3.12. The SMILES string of the molecule is Cc1cc(NC(=O)C(CC(C)C)Oc2ccc3ccnc(N)c3c2)ccc1N1CCCS1(=O)=O. The molecule has 2 aromatic carbocycles. The zero-order chi connectivity index (χ0) is 24.5. The molecule has 3 N–H and O–H groups in total. The van der Waals surface area contributed by atoms with Gasteiger partial charge in [-0.15, -0.1) is 0 Å². The highest BCUT2D eigenvalue weighted by Gasteiger charge is 2.29. The summed E-state index contributed by atoms with van der Waals surface area (Å²) in [6, 6.07) is 12.6. The summed E-state index contributed by atoms with van der Waals surface area (Å²) in [5.74, 6) is 1.07. The molecule has 2 heterocycles. The van der Waals surface area contributed by atoms with Crippen LogP contribution in [0.4, 0.5) is 17.2 Å². The van der Waals surface area contributed by atoms with E-state index in [2.05, 4.69) is 10.3 Å². The summed E-state index contributed by atoms with van der Waals surface area (Å²) in [6.45, 7) is 6.38. The van der Waals surface area contributed by atoms with E-state index in [-0.39, 0.29) is 17.6 Å². The summed E-state index contributed by atoms with van der Waals surface area (Å²) in [6.07, 6.45) is 2.08. The highest BCUT2D eigenvalue weighted by molar-refractivity contribution is 7.93. The number of aromatic nitrogens is 1. The Morgan fingerprint density at radius 2 is 2.00 bits per heavy atom. The predicted molar refractivity (Wildman–Crippen MR) is 136 cm³/mol. The number of pyridine rings is 1. The number of rotatable bonds is 7. The standard InChI is InChI=1S/C25H30N4O4S/c1-16(2)13-23(33-20-7-5-18-9-10-27-24(26)21(18)15-20)25(30)28-19-6-8-22(17(3)14-19)29-11-4-12-34(29,31)32/h5-10,14-16,23H,4,11-13H2,1-3H3,(H2,26,27)(H,28,30). The molecule has 9 heteroatoms. The third-order valence-electron chi connectivity index (χ3n) is 5.86. The van der Waals surface area contributed by atoms with Crippen molar-refractivity contribution in [2.24, 2.45) is 5.92 Å². The number of aryl methyl sites for hydroxylation is 1. The maximum absolute atomic E-state index is 13.2. The van der Waals surface area contributed by atoms with Gasteiger partial charge in [0.1, 0.15) is 11.6 Å². The molecule has 1 unspecified atom stereocenters. The molecule has 3 aromatic rings. The summed E-state index contributed by atoms with van der Waals surface area (Å²) >= 11 is 0. The number of benzene rings is 2. The second kappa shape index (κ2) is 9.50. The fourth-order valence-electron chi connectivity index (χ4n) is 4.19. The number of hydrogen-bond acceptors (Lipinski definition) is 6. The summed E-state index contributed by atoms with van der Waals surface area (Å²) in [5.41, 5.74) is 8.02. The maximum Gasteiger partial charge on any atom is 0.265 e. The van der Waals surface area contributed by atoms with Crippen LogP contribution in [0.5, 0.6) is 5.75 Å². The number of nitrogens with two attached hydrogens (primary N) is 1. The van der Waals surface area contributed by atoms with Crippen molar-refractivity contribution in [2.45, 2.75) is 39.7 Å². The smallest absolute Gasteiger partial charge is 0.265 e. The van der Waals surface area contributed by atoms with Crippen LogP contribution in [-0.4, -0.2) is 37.7 Å². The van der Waals surface area contributed by atoms with Crippen LogP contribution in [-0.2, 0) is 14.8 Å². The molecule has 1 saturated heterocycles. The number of fused-ring (bicyclic) bond motifs is 1. The number of nitrogen functional groups attached to an aromatic ring is 1. The van der Waals surface area contributed by atoms with Crippen molar-refractivity contribution < 1.29 is 17.9 Å². The molecule has 0 aliphatic carbocycles. The molecule has 34 heavy (non-hydrogen) atoms. The van der Waals surface area contributed by atoms with E-state index < -0.39 is 16.1 Å². The fraction of sp³-hybridized carbons (Fsp3) is 0.360. The molecule has 1 aliphatic rings. The molecule has 180 valence electrons. The monoisotopic (exact) mass is 482 g/mol. The highest BCUT2D eigenvalue weighted by atomic mass is 32.2. The van der Waals surface area contributed by atoms with Gasteiger partial charge in [-0.05, 0) is 73.0 Å². The second-order valence-electron chi connectivity index (χ2n) is 9.05. The van der Waals surface area contributed by atoms with Crippen molar-refractivity contribution in [3.05, 3.63) is 54.2 Å². The number of carbonyl (C=O) groups excluding carboxylic acids is 1. The first-order valence-corrected chi connectivity index (χ1v) is 13.0. The molecular formula is C25H30N4O4S. The molecule has 0 spiro atoms. The molecular weight excluding hydrogens is 452 g/mol. The first kappa shape index (κ1) is 23.8. The number of carbonyl (C=O) groups is 1. The van der Waals surface area contributed by atoms with Gasteiger partial charge in [0.05, 0.1) is 11.4 Å². The summed E-state index contributed by atoms with van der Waals surface area (Å²) in [7, 11) is -3.27. The lowest BCUT2D eigenvalue weighted by molar-refractivity contribution is -0.123. The van der Waals surface area contributed by atoms with Crippen LogP contribution in [0.2, 0.25) is 0 Å². The molecule has 1 fully saturated rings. The van der Waals surface area contributed by atoms with E-state index in [1.54, 1.807) is 30.5 Å². The topological polar surface area (TPSA) is 115 Å². The number of nitrogens with zero attached hydrogens (tertiary/aromatic N) is 2. The minimum absolute atomic E-state index is 0.162. The zero-order valence-corrected chi connectivity index (χ0v) is 20.4. The van der Waals surface area contributed by atoms with Crippen molar-refractivity contribution in [3.63, 3.8) is 0 Å². The van der Waals surface area contributed by atoms with Crippen LogP contribution in [0.3, 0.4) is 0 Å². The van der Waals surface area contributed by atoms with Gasteiger partial charge in [-0.3, -0.25) is 9.10 Å². The first-order valence-electron chi connectivity index (χ1n) is 11.4. The Kier molecular flexibility index (Phi) is 6.65. The van der Waals surface area contributed by atoms with Gasteiger partial charge in [0.25, 0.3) is 5.91 Å². The molecule has 0 bridgehead atoms. The zero-order valence-electron chi connectivity index (χ0n) is 19.6. The normalized spacial score (nSPS) is 16.1. The van der Waals surface area contributed by atoms with Gasteiger partial charge in [-0.2, -0.15) is 0 Å². The minimum atomic E-state index is -3.27. The number of ether oxygens (including phenoxy) is 1. The fourth-order valence-corrected chi connectivity index (χ4v) is 5.82. The highest BCUT2D eigenvalue weighted by Crippen LogP contribution is 2.30. The van der Waals surface area contributed by atoms with Gasteiger partial charge in [-0.1, -0.05) is 19.9 Å². The maximum atomic E-state index is 13.2. The number of nitrogens with one attached hydrogen (secondary N) is 1. The molecule has 1 amide bonds. The molecule has 1 aliphatic heterocycles. The van der Waals surface area contributed by atoms with Crippen LogP contribution in [0, 0.1) is 12.8 Å². The van der Waals surface area contributed by atoms with Gasteiger partial charge in [-0.25, -0.2) is 13.4 Å². The summed E-state index contributed by atoms with van der Waals surface area (Å²) in [5, 5.41) is 4.64. The number of sulfonamides is 1. The van der Waals surface area contributed by atoms with E-state index in [1.807, 2.05) is 39.0 Å². The van der Waals surface area contributed by atoms with E-state index >= 15 is 0 Å². The van der Waals surface area contributed by atoms with E-state index in [1.165, 1.54) is 4.31 Å². The largest absolute Gasteiger partial charge is 0.481 e. The Morgan fingerprint density at radius 1 is 1.21 bits per heavy atom. The van der Waals surface area contributed by atoms with Crippen LogP contribution in [0.15, 0.2) is 48.7 Å². The lowest BCUT2D eigenvalue weighted by Gasteiger charge is -2.22. The molecule has 1 aromatic heterocycles. The molecule has 8 nitrogen and oxygen atoms in total. The van der Waals surface area contributed by atoms with Gasteiger partial charge in [0.15, 0.2) is 6.10 Å². The molecule has 0 radical (unpaired) electrons. The van der Waals surface area contributed by atoms with Crippen LogP contribution >= 0.6 is 0 Å². The van der Waals surface area contributed by atoms with E-state index in [4.69, 9.17) is 10.5 Å². The van der Waals surface area contributed by atoms with Gasteiger partial charge >= 0.3 is 0 Å². The third-order valence-corrected chi connectivity index (χ3v) is 7.71. The van der Waals surface area contributed by atoms with Crippen molar-refractivity contribution in [1.82, 2.24) is 4.98 Å². The van der Waals surface area contributed by atoms with Crippen molar-refractivity contribution in [3.8, 4) is 5.75 Å².